The molecule has 1 heterocycles. The molecule has 0 saturated heterocycles. The molecule has 0 aliphatic heterocycles. The van der Waals surface area contributed by atoms with Gasteiger partial charge in [0, 0.05) is 29.3 Å². The number of hydrogen-bond donors (Lipinski definition) is 1. The van der Waals surface area contributed by atoms with Crippen molar-refractivity contribution in [1.29, 1.82) is 0 Å². The number of fused-ring (bicyclic) bond motifs is 1. The normalized spacial score (nSPS) is 11.5. The third kappa shape index (κ3) is 5.26. The fraction of sp³-hybridized carbons (Fsp3) is 0.160. The molecule has 1 aromatic heterocycles. The van der Waals surface area contributed by atoms with Crippen LogP contribution < -0.4 is 4.72 Å². The predicted octanol–water partition coefficient (Wildman–Crippen LogP) is 4.87. The lowest BCUT2D eigenvalue weighted by Crippen LogP contribution is -2.13. The van der Waals surface area contributed by atoms with E-state index in [1.165, 1.54) is 31.4 Å². The lowest BCUT2D eigenvalue weighted by molar-refractivity contribution is -0.140. The zero-order valence-electron chi connectivity index (χ0n) is 18.3. The van der Waals surface area contributed by atoms with E-state index in [1.54, 1.807) is 30.3 Å². The molecule has 0 aliphatic carbocycles. The van der Waals surface area contributed by atoms with E-state index in [9.17, 15) is 22.0 Å². The molecule has 0 radical (unpaired) electrons. The van der Waals surface area contributed by atoms with Gasteiger partial charge in [0.25, 0.3) is 10.0 Å². The molecule has 0 atom stereocenters. The molecule has 4 aromatic rings. The van der Waals surface area contributed by atoms with Crippen LogP contribution >= 0.6 is 0 Å². The molecule has 34 heavy (non-hydrogen) atoms. The van der Waals surface area contributed by atoms with Crippen LogP contribution in [-0.2, 0) is 32.5 Å². The number of aryl methyl sites for hydroxylation is 1. The van der Waals surface area contributed by atoms with Gasteiger partial charge in [-0.25, -0.2) is 17.2 Å². The molecule has 0 spiro atoms. The number of nitrogens with one attached hydrogen (secondary N) is 1. The van der Waals surface area contributed by atoms with Gasteiger partial charge in [-0.15, -0.1) is 0 Å². The summed E-state index contributed by atoms with van der Waals surface area (Å²) in [6, 6.07) is 15.8. The van der Waals surface area contributed by atoms with Crippen molar-refractivity contribution in [3.05, 3.63) is 95.7 Å². The minimum atomic E-state index is -3.92. The van der Waals surface area contributed by atoms with Gasteiger partial charge in [0.15, 0.2) is 0 Å². The molecule has 0 saturated carbocycles. The van der Waals surface area contributed by atoms with Crippen LogP contribution in [0.4, 0.5) is 14.5 Å². The summed E-state index contributed by atoms with van der Waals surface area (Å²) in [7, 11) is -2.59. The highest BCUT2D eigenvalue weighted by Gasteiger charge is 2.17. The van der Waals surface area contributed by atoms with E-state index in [2.05, 4.69) is 4.72 Å². The van der Waals surface area contributed by atoms with Gasteiger partial charge in [-0.05, 0) is 72.1 Å². The second-order valence-electron chi connectivity index (χ2n) is 7.77. The molecule has 0 aliphatic rings. The Labute approximate surface area is 195 Å². The van der Waals surface area contributed by atoms with E-state index >= 15 is 0 Å². The van der Waals surface area contributed by atoms with Gasteiger partial charge >= 0.3 is 5.97 Å². The van der Waals surface area contributed by atoms with E-state index in [0.29, 0.717) is 18.7 Å². The van der Waals surface area contributed by atoms with Crippen molar-refractivity contribution in [1.82, 2.24) is 4.57 Å². The Bertz CT molecular complexity index is 1430. The maximum atomic E-state index is 13.3. The summed E-state index contributed by atoms with van der Waals surface area (Å²) in [5.74, 6) is -1.20. The number of benzene rings is 3. The summed E-state index contributed by atoms with van der Waals surface area (Å²) in [6.07, 6.45) is 2.56. The second kappa shape index (κ2) is 9.64. The minimum Gasteiger partial charge on any atom is -0.469 e. The first-order valence-corrected chi connectivity index (χ1v) is 11.9. The average Bonchev–Trinajstić information content (AvgIpc) is 3.15. The van der Waals surface area contributed by atoms with Crippen LogP contribution in [0, 0.1) is 11.6 Å². The van der Waals surface area contributed by atoms with E-state index in [4.69, 9.17) is 4.74 Å². The number of carbonyl (C=O) groups excluding carboxylic acids is 1. The summed E-state index contributed by atoms with van der Waals surface area (Å²) in [5, 5.41) is 0.786. The highest BCUT2D eigenvalue weighted by Crippen LogP contribution is 2.28. The van der Waals surface area contributed by atoms with Gasteiger partial charge in [0.05, 0.1) is 18.4 Å². The average molecular weight is 485 g/mol. The van der Waals surface area contributed by atoms with Crippen molar-refractivity contribution in [2.24, 2.45) is 0 Å². The fourth-order valence-corrected chi connectivity index (χ4v) is 4.77. The number of halogens is 2. The molecule has 3 aromatic carbocycles. The lowest BCUT2D eigenvalue weighted by atomic mass is 10.0. The predicted molar refractivity (Wildman–Crippen MR) is 125 cm³/mol. The number of esters is 1. The summed E-state index contributed by atoms with van der Waals surface area (Å²) >= 11 is 0. The highest BCUT2D eigenvalue weighted by atomic mass is 32.2. The number of nitrogens with zero attached hydrogens (tertiary/aromatic N) is 1. The molecular weight excluding hydrogens is 462 g/mol. The van der Waals surface area contributed by atoms with E-state index < -0.39 is 15.8 Å². The van der Waals surface area contributed by atoms with Crippen LogP contribution in [0.3, 0.4) is 0 Å². The maximum Gasteiger partial charge on any atom is 0.307 e. The molecule has 0 unspecified atom stereocenters. The highest BCUT2D eigenvalue weighted by molar-refractivity contribution is 7.92. The lowest BCUT2D eigenvalue weighted by Gasteiger charge is -2.10. The number of ether oxygens (including phenoxy) is 1. The molecule has 0 fully saturated rings. The summed E-state index contributed by atoms with van der Waals surface area (Å²) in [4.78, 5) is 11.6. The van der Waals surface area contributed by atoms with Crippen LogP contribution in [-0.4, -0.2) is 26.1 Å². The van der Waals surface area contributed by atoms with Gasteiger partial charge in [-0.1, -0.05) is 12.1 Å². The molecule has 0 amide bonds. The first-order chi connectivity index (χ1) is 16.2. The molecule has 6 nitrogen and oxygen atoms in total. The number of sulfonamides is 1. The zero-order chi connectivity index (χ0) is 24.3. The number of hydrogen-bond acceptors (Lipinski definition) is 4. The number of rotatable bonds is 8. The first kappa shape index (κ1) is 23.4. The van der Waals surface area contributed by atoms with Crippen LogP contribution in [0.1, 0.15) is 17.5 Å². The van der Waals surface area contributed by atoms with Crippen molar-refractivity contribution in [2.45, 2.75) is 24.3 Å². The van der Waals surface area contributed by atoms with Crippen molar-refractivity contribution >= 4 is 32.6 Å². The number of methoxy groups -OCH3 is 1. The molecule has 0 bridgehead atoms. The van der Waals surface area contributed by atoms with E-state index in [0.717, 1.165) is 34.2 Å². The van der Waals surface area contributed by atoms with Gasteiger partial charge < -0.3 is 9.30 Å². The Balaban J connectivity index is 1.70. The van der Waals surface area contributed by atoms with Crippen LogP contribution in [0.5, 0.6) is 0 Å². The Morgan fingerprint density at radius 1 is 0.971 bits per heavy atom. The fourth-order valence-electron chi connectivity index (χ4n) is 3.72. The molecule has 4 rings (SSSR count). The van der Waals surface area contributed by atoms with Crippen LogP contribution in [0.2, 0.25) is 0 Å². The monoisotopic (exact) mass is 484 g/mol. The van der Waals surface area contributed by atoms with Gasteiger partial charge in [0.2, 0.25) is 0 Å². The largest absolute Gasteiger partial charge is 0.469 e. The minimum absolute atomic E-state index is 0.0591. The van der Waals surface area contributed by atoms with Crippen molar-refractivity contribution in [2.75, 3.05) is 11.8 Å². The second-order valence-corrected chi connectivity index (χ2v) is 9.45. The quantitative estimate of drug-likeness (QED) is 0.362. The Kier molecular flexibility index (Phi) is 6.65. The van der Waals surface area contributed by atoms with Crippen LogP contribution in [0.15, 0.2) is 77.8 Å². The molecular formula is C25H22F2N2O4S. The summed E-state index contributed by atoms with van der Waals surface area (Å²) in [5.41, 5.74) is 2.91. The summed E-state index contributed by atoms with van der Waals surface area (Å²) in [6.45, 7) is 0.382. The standard InChI is InChI=1S/C25H22F2N2O4S/c1-33-25(30)12-13-29-16-18(14-17-2-4-19(26)5-3-17)23-15-21(8-11-24(23)29)28-34(31,32)22-9-6-20(27)7-10-22/h2-11,15-16,28H,12-14H2,1H3. The number of anilines is 1. The number of carbonyl (C=O) groups is 1. The van der Waals surface area contributed by atoms with Gasteiger partial charge in [-0.2, -0.15) is 0 Å². The number of aromatic nitrogens is 1. The van der Waals surface area contributed by atoms with E-state index in [-0.39, 0.29) is 23.1 Å². The van der Waals surface area contributed by atoms with Crippen molar-refractivity contribution in [3.63, 3.8) is 0 Å². The van der Waals surface area contributed by atoms with Crippen molar-refractivity contribution < 1.29 is 26.7 Å². The zero-order valence-corrected chi connectivity index (χ0v) is 19.1. The Morgan fingerprint density at radius 3 is 2.26 bits per heavy atom. The Morgan fingerprint density at radius 2 is 1.62 bits per heavy atom. The SMILES string of the molecule is COC(=O)CCn1cc(Cc2ccc(F)cc2)c2cc(NS(=O)(=O)c3ccc(F)cc3)ccc21. The van der Waals surface area contributed by atoms with Gasteiger partial charge in [-0.3, -0.25) is 9.52 Å². The Hall–Kier alpha value is -3.72. The van der Waals surface area contributed by atoms with Crippen molar-refractivity contribution in [3.8, 4) is 0 Å². The van der Waals surface area contributed by atoms with Crippen LogP contribution in [0.25, 0.3) is 10.9 Å². The molecule has 176 valence electrons. The molecule has 1 N–H and O–H groups in total. The van der Waals surface area contributed by atoms with E-state index in [1.807, 2.05) is 10.8 Å². The smallest absolute Gasteiger partial charge is 0.307 e. The van der Waals surface area contributed by atoms with Gasteiger partial charge in [0.1, 0.15) is 11.6 Å². The molecule has 9 heteroatoms. The first-order valence-electron chi connectivity index (χ1n) is 10.5. The third-order valence-corrected chi connectivity index (χ3v) is 6.83. The summed E-state index contributed by atoms with van der Waals surface area (Å²) < 4.78 is 61.2. The topological polar surface area (TPSA) is 77.4 Å². The maximum absolute atomic E-state index is 13.3. The third-order valence-electron chi connectivity index (χ3n) is 5.43.